The van der Waals surface area contributed by atoms with Crippen LogP contribution in [0.15, 0.2) is 24.3 Å². The summed E-state index contributed by atoms with van der Waals surface area (Å²) in [6.07, 6.45) is 1.55. The van der Waals surface area contributed by atoms with Crippen molar-refractivity contribution in [2.45, 2.75) is 19.8 Å². The van der Waals surface area contributed by atoms with Crippen LogP contribution in [0.5, 0.6) is 0 Å². The van der Waals surface area contributed by atoms with Gasteiger partial charge in [0, 0.05) is 24.7 Å². The molecule has 1 N–H and O–H groups in total. The number of hydrogen-bond acceptors (Lipinski definition) is 2. The Morgan fingerprint density at radius 3 is 2.78 bits per heavy atom. The van der Waals surface area contributed by atoms with Crippen molar-refractivity contribution in [1.29, 1.82) is 5.26 Å². The topological polar surface area (TPSA) is 56.1 Å². The molecule has 4 nitrogen and oxygen atoms in total. The van der Waals surface area contributed by atoms with E-state index in [1.807, 2.05) is 31.2 Å². The van der Waals surface area contributed by atoms with E-state index < -0.39 is 0 Å². The number of urea groups is 1. The highest BCUT2D eigenvalue weighted by Gasteiger charge is 2.22. The number of anilines is 1. The Morgan fingerprint density at radius 1 is 1.44 bits per heavy atom. The molecule has 1 aliphatic rings. The highest BCUT2D eigenvalue weighted by atomic mass is 16.2. The van der Waals surface area contributed by atoms with Crippen LogP contribution in [0.1, 0.15) is 18.4 Å². The van der Waals surface area contributed by atoms with Gasteiger partial charge in [0.2, 0.25) is 0 Å². The fraction of sp³-hybridized carbons (Fsp3) is 0.429. The molecule has 2 amide bonds. The summed E-state index contributed by atoms with van der Waals surface area (Å²) in [5, 5.41) is 11.7. The highest BCUT2D eigenvalue weighted by Crippen LogP contribution is 2.17. The molecule has 1 saturated heterocycles. The van der Waals surface area contributed by atoms with Crippen molar-refractivity contribution >= 4 is 11.7 Å². The molecule has 0 saturated carbocycles. The maximum atomic E-state index is 12.0. The predicted molar refractivity (Wildman–Crippen MR) is 70.1 cm³/mol. The number of hydrogen-bond donors (Lipinski definition) is 1. The van der Waals surface area contributed by atoms with Crippen molar-refractivity contribution < 1.29 is 4.79 Å². The summed E-state index contributed by atoms with van der Waals surface area (Å²) in [5.41, 5.74) is 1.94. The van der Waals surface area contributed by atoms with Gasteiger partial charge in [-0.05, 0) is 37.5 Å². The first kappa shape index (κ1) is 12.4. The fourth-order valence-electron chi connectivity index (χ4n) is 2.14. The second-order valence-corrected chi connectivity index (χ2v) is 4.69. The van der Waals surface area contributed by atoms with E-state index in [1.54, 1.807) is 4.90 Å². The zero-order chi connectivity index (χ0) is 13.0. The van der Waals surface area contributed by atoms with Gasteiger partial charge in [0.1, 0.15) is 0 Å². The van der Waals surface area contributed by atoms with E-state index in [9.17, 15) is 4.79 Å². The lowest BCUT2D eigenvalue weighted by Gasteiger charge is -2.29. The van der Waals surface area contributed by atoms with Gasteiger partial charge in [0.05, 0.1) is 6.07 Å². The SMILES string of the molecule is Cc1cccc(NC(=O)N2CCC(C#N)CC2)c1. The van der Waals surface area contributed by atoms with E-state index in [0.717, 1.165) is 24.1 Å². The van der Waals surface area contributed by atoms with Crippen molar-refractivity contribution in [3.05, 3.63) is 29.8 Å². The molecule has 0 bridgehead atoms. The van der Waals surface area contributed by atoms with Crippen LogP contribution in [-0.4, -0.2) is 24.0 Å². The summed E-state index contributed by atoms with van der Waals surface area (Å²) in [7, 11) is 0. The number of aryl methyl sites for hydroxylation is 1. The van der Waals surface area contributed by atoms with Gasteiger partial charge >= 0.3 is 6.03 Å². The second kappa shape index (κ2) is 5.54. The van der Waals surface area contributed by atoms with Gasteiger partial charge in [-0.2, -0.15) is 5.26 Å². The third-order valence-electron chi connectivity index (χ3n) is 3.23. The smallest absolute Gasteiger partial charge is 0.321 e. The standard InChI is InChI=1S/C14H17N3O/c1-11-3-2-4-13(9-11)16-14(18)17-7-5-12(10-15)6-8-17/h2-4,9,12H,5-8H2,1H3,(H,16,18). The summed E-state index contributed by atoms with van der Waals surface area (Å²) in [6, 6.07) is 9.93. The molecule has 1 fully saturated rings. The van der Waals surface area contributed by atoms with E-state index in [2.05, 4.69) is 11.4 Å². The van der Waals surface area contributed by atoms with Crippen molar-refractivity contribution in [3.63, 3.8) is 0 Å². The van der Waals surface area contributed by atoms with Crippen molar-refractivity contribution in [3.8, 4) is 6.07 Å². The van der Waals surface area contributed by atoms with Crippen LogP contribution in [0.4, 0.5) is 10.5 Å². The lowest BCUT2D eigenvalue weighted by atomic mass is 9.99. The predicted octanol–water partition coefficient (Wildman–Crippen LogP) is 2.76. The average molecular weight is 243 g/mol. The van der Waals surface area contributed by atoms with E-state index >= 15 is 0 Å². The summed E-state index contributed by atoms with van der Waals surface area (Å²) in [4.78, 5) is 13.8. The number of likely N-dealkylation sites (tertiary alicyclic amines) is 1. The van der Waals surface area contributed by atoms with Crippen LogP contribution in [0, 0.1) is 24.2 Å². The number of amides is 2. The Morgan fingerprint density at radius 2 is 2.17 bits per heavy atom. The van der Waals surface area contributed by atoms with Crippen LogP contribution in [0.3, 0.4) is 0 Å². The molecule has 0 aromatic heterocycles. The molecule has 18 heavy (non-hydrogen) atoms. The van der Waals surface area contributed by atoms with Crippen LogP contribution >= 0.6 is 0 Å². The highest BCUT2D eigenvalue weighted by molar-refractivity contribution is 5.89. The quantitative estimate of drug-likeness (QED) is 0.824. The molecule has 0 spiro atoms. The lowest BCUT2D eigenvalue weighted by Crippen LogP contribution is -2.40. The van der Waals surface area contributed by atoms with E-state index in [-0.39, 0.29) is 11.9 Å². The van der Waals surface area contributed by atoms with Gasteiger partial charge in [-0.15, -0.1) is 0 Å². The third kappa shape index (κ3) is 3.01. The van der Waals surface area contributed by atoms with E-state index in [1.165, 1.54) is 0 Å². The molecular formula is C14H17N3O. The number of benzene rings is 1. The van der Waals surface area contributed by atoms with Crippen LogP contribution in [0.2, 0.25) is 0 Å². The van der Waals surface area contributed by atoms with E-state index in [0.29, 0.717) is 13.1 Å². The summed E-state index contributed by atoms with van der Waals surface area (Å²) in [6.45, 7) is 3.32. The molecule has 2 rings (SSSR count). The van der Waals surface area contributed by atoms with Gasteiger partial charge in [-0.1, -0.05) is 12.1 Å². The first-order valence-corrected chi connectivity index (χ1v) is 6.21. The molecule has 4 heteroatoms. The van der Waals surface area contributed by atoms with E-state index in [4.69, 9.17) is 5.26 Å². The van der Waals surface area contributed by atoms with Gasteiger partial charge in [-0.25, -0.2) is 4.79 Å². The Bertz CT molecular complexity index is 470. The Balaban J connectivity index is 1.91. The van der Waals surface area contributed by atoms with Crippen molar-refractivity contribution in [2.75, 3.05) is 18.4 Å². The Hall–Kier alpha value is -2.02. The number of nitrogens with zero attached hydrogens (tertiary/aromatic N) is 2. The maximum Gasteiger partial charge on any atom is 0.321 e. The molecule has 0 atom stereocenters. The van der Waals surface area contributed by atoms with Gasteiger partial charge < -0.3 is 10.2 Å². The number of carbonyl (C=O) groups is 1. The lowest BCUT2D eigenvalue weighted by molar-refractivity contribution is 0.192. The zero-order valence-corrected chi connectivity index (χ0v) is 10.5. The van der Waals surface area contributed by atoms with Crippen LogP contribution in [-0.2, 0) is 0 Å². The molecule has 1 aromatic rings. The number of carbonyl (C=O) groups excluding carboxylic acids is 1. The van der Waals surface area contributed by atoms with Gasteiger partial charge in [0.25, 0.3) is 0 Å². The molecule has 1 aliphatic heterocycles. The molecule has 0 aliphatic carbocycles. The Kier molecular flexibility index (Phi) is 3.83. The molecule has 0 unspecified atom stereocenters. The normalized spacial score (nSPS) is 16.1. The molecular weight excluding hydrogens is 226 g/mol. The number of nitriles is 1. The summed E-state index contributed by atoms with van der Waals surface area (Å²) >= 11 is 0. The monoisotopic (exact) mass is 243 g/mol. The van der Waals surface area contributed by atoms with Gasteiger partial charge in [0.15, 0.2) is 0 Å². The van der Waals surface area contributed by atoms with Crippen LogP contribution in [0.25, 0.3) is 0 Å². The first-order valence-electron chi connectivity index (χ1n) is 6.21. The molecule has 1 aromatic carbocycles. The average Bonchev–Trinajstić information content (AvgIpc) is 2.39. The minimum absolute atomic E-state index is 0.0722. The number of piperidine rings is 1. The van der Waals surface area contributed by atoms with Crippen LogP contribution < -0.4 is 5.32 Å². The minimum Gasteiger partial charge on any atom is -0.324 e. The second-order valence-electron chi connectivity index (χ2n) is 4.69. The van der Waals surface area contributed by atoms with Crippen molar-refractivity contribution in [1.82, 2.24) is 4.90 Å². The zero-order valence-electron chi connectivity index (χ0n) is 10.5. The first-order chi connectivity index (χ1) is 8.69. The largest absolute Gasteiger partial charge is 0.324 e. The summed E-state index contributed by atoms with van der Waals surface area (Å²) < 4.78 is 0. The molecule has 0 radical (unpaired) electrons. The third-order valence-corrected chi connectivity index (χ3v) is 3.23. The maximum absolute atomic E-state index is 12.0. The number of nitrogens with one attached hydrogen (secondary N) is 1. The molecule has 1 heterocycles. The van der Waals surface area contributed by atoms with Gasteiger partial charge in [-0.3, -0.25) is 0 Å². The van der Waals surface area contributed by atoms with Crippen molar-refractivity contribution in [2.24, 2.45) is 5.92 Å². The minimum atomic E-state index is -0.0722. The Labute approximate surface area is 107 Å². The fourth-order valence-corrected chi connectivity index (χ4v) is 2.14. The number of rotatable bonds is 1. The molecule has 94 valence electrons. The summed E-state index contributed by atoms with van der Waals surface area (Å²) in [5.74, 6) is 0.105.